The molecule has 0 radical (unpaired) electrons. The molecular formula is C21H17FN2O4S. The van der Waals surface area contributed by atoms with Crippen LogP contribution in [0, 0.1) is 5.82 Å². The Morgan fingerprint density at radius 1 is 0.966 bits per heavy atom. The fraction of sp³-hybridized carbons (Fsp3) is 0.0952. The number of para-hydroxylation sites is 2. The van der Waals surface area contributed by atoms with Gasteiger partial charge in [0, 0.05) is 5.69 Å². The molecule has 29 heavy (non-hydrogen) atoms. The predicted molar refractivity (Wildman–Crippen MR) is 107 cm³/mol. The van der Waals surface area contributed by atoms with Crippen LogP contribution >= 0.6 is 0 Å². The molecule has 4 rings (SSSR count). The van der Waals surface area contributed by atoms with Crippen LogP contribution in [0.2, 0.25) is 0 Å². The molecule has 8 heteroatoms. The van der Waals surface area contributed by atoms with E-state index < -0.39 is 27.9 Å². The molecule has 1 amide bonds. The first kappa shape index (κ1) is 18.9. The zero-order valence-corrected chi connectivity index (χ0v) is 16.0. The summed E-state index contributed by atoms with van der Waals surface area (Å²) in [5.41, 5.74) is 0.749. The first-order valence-corrected chi connectivity index (χ1v) is 10.3. The number of nitrogens with one attached hydrogen (secondary N) is 1. The van der Waals surface area contributed by atoms with E-state index in [1.54, 1.807) is 42.5 Å². The molecule has 1 unspecified atom stereocenters. The normalized spacial score (nSPS) is 15.9. The number of nitrogens with zero attached hydrogens (tertiary/aromatic N) is 1. The van der Waals surface area contributed by atoms with Crippen LogP contribution in [0.1, 0.15) is 0 Å². The summed E-state index contributed by atoms with van der Waals surface area (Å²) in [5, 5.41) is 2.63. The minimum Gasteiger partial charge on any atom is -0.476 e. The Morgan fingerprint density at radius 2 is 1.62 bits per heavy atom. The number of benzene rings is 3. The maximum atomic E-state index is 13.2. The second-order valence-corrected chi connectivity index (χ2v) is 8.28. The average molecular weight is 412 g/mol. The van der Waals surface area contributed by atoms with Gasteiger partial charge in [-0.05, 0) is 48.5 Å². The van der Waals surface area contributed by atoms with Gasteiger partial charge in [0.05, 0.1) is 17.1 Å². The van der Waals surface area contributed by atoms with Gasteiger partial charge in [-0.1, -0.05) is 30.3 Å². The van der Waals surface area contributed by atoms with Crippen LogP contribution in [0.25, 0.3) is 0 Å². The summed E-state index contributed by atoms with van der Waals surface area (Å²) >= 11 is 0. The number of anilines is 2. The van der Waals surface area contributed by atoms with Crippen LogP contribution in [0.15, 0.2) is 83.8 Å². The Hall–Kier alpha value is -3.39. The van der Waals surface area contributed by atoms with Crippen LogP contribution in [0.3, 0.4) is 0 Å². The molecule has 1 N–H and O–H groups in total. The highest BCUT2D eigenvalue weighted by molar-refractivity contribution is 7.92. The molecule has 6 nitrogen and oxygen atoms in total. The van der Waals surface area contributed by atoms with Crippen LogP contribution in [0.4, 0.5) is 15.8 Å². The Bertz CT molecular complexity index is 1130. The molecule has 1 heterocycles. The number of fused-ring (bicyclic) bond motifs is 1. The van der Waals surface area contributed by atoms with Gasteiger partial charge in [0.2, 0.25) is 0 Å². The lowest BCUT2D eigenvalue weighted by atomic mass is 10.2. The maximum Gasteiger partial charge on any atom is 0.267 e. The smallest absolute Gasteiger partial charge is 0.267 e. The molecule has 3 aromatic rings. The number of ether oxygens (including phenoxy) is 1. The van der Waals surface area contributed by atoms with Crippen molar-refractivity contribution < 1.29 is 22.3 Å². The number of rotatable bonds is 4. The molecule has 148 valence electrons. The molecule has 0 saturated carbocycles. The van der Waals surface area contributed by atoms with Crippen LogP contribution < -0.4 is 14.4 Å². The molecule has 0 saturated heterocycles. The first-order chi connectivity index (χ1) is 13.9. The van der Waals surface area contributed by atoms with E-state index in [2.05, 4.69) is 5.32 Å². The third kappa shape index (κ3) is 3.79. The minimum absolute atomic E-state index is 0.120. The van der Waals surface area contributed by atoms with Gasteiger partial charge in [-0.3, -0.25) is 9.10 Å². The van der Waals surface area contributed by atoms with Crippen molar-refractivity contribution in [1.29, 1.82) is 0 Å². The molecule has 1 aliphatic heterocycles. The molecule has 0 bridgehead atoms. The van der Waals surface area contributed by atoms with E-state index in [9.17, 15) is 17.6 Å². The average Bonchev–Trinajstić information content (AvgIpc) is 2.75. The summed E-state index contributed by atoms with van der Waals surface area (Å²) in [6, 6.07) is 19.9. The number of amides is 1. The lowest BCUT2D eigenvalue weighted by Gasteiger charge is -2.34. The van der Waals surface area contributed by atoms with Gasteiger partial charge in [0.15, 0.2) is 6.10 Å². The number of sulfonamides is 1. The van der Waals surface area contributed by atoms with Crippen molar-refractivity contribution >= 4 is 27.3 Å². The van der Waals surface area contributed by atoms with Gasteiger partial charge < -0.3 is 10.1 Å². The van der Waals surface area contributed by atoms with Crippen molar-refractivity contribution in [3.05, 3.63) is 84.7 Å². The van der Waals surface area contributed by atoms with E-state index in [0.29, 0.717) is 11.4 Å². The van der Waals surface area contributed by atoms with Crippen LogP contribution in [0.5, 0.6) is 5.75 Å². The van der Waals surface area contributed by atoms with E-state index in [1.807, 2.05) is 0 Å². The van der Waals surface area contributed by atoms with E-state index in [4.69, 9.17) is 4.74 Å². The van der Waals surface area contributed by atoms with Crippen molar-refractivity contribution in [1.82, 2.24) is 0 Å². The van der Waals surface area contributed by atoms with E-state index in [1.165, 1.54) is 40.7 Å². The summed E-state index contributed by atoms with van der Waals surface area (Å²) in [4.78, 5) is 12.8. The lowest BCUT2D eigenvalue weighted by Crippen LogP contribution is -2.48. The molecule has 1 aliphatic rings. The highest BCUT2D eigenvalue weighted by Crippen LogP contribution is 2.36. The second kappa shape index (κ2) is 7.56. The van der Waals surface area contributed by atoms with Crippen molar-refractivity contribution in [3.8, 4) is 5.75 Å². The number of halogens is 1. The number of hydrogen-bond donors (Lipinski definition) is 1. The number of carbonyl (C=O) groups excluding carboxylic acids is 1. The summed E-state index contributed by atoms with van der Waals surface area (Å²) in [6.45, 7) is -0.193. The van der Waals surface area contributed by atoms with Gasteiger partial charge in [-0.25, -0.2) is 12.8 Å². The van der Waals surface area contributed by atoms with Gasteiger partial charge in [0.25, 0.3) is 15.9 Å². The van der Waals surface area contributed by atoms with E-state index in [-0.39, 0.29) is 17.2 Å². The minimum atomic E-state index is -3.90. The Balaban J connectivity index is 1.66. The molecular weight excluding hydrogens is 395 g/mol. The Kier molecular flexibility index (Phi) is 4.94. The third-order valence-electron chi connectivity index (χ3n) is 4.47. The third-order valence-corrected chi connectivity index (χ3v) is 6.26. The van der Waals surface area contributed by atoms with Crippen molar-refractivity contribution in [3.63, 3.8) is 0 Å². The van der Waals surface area contributed by atoms with Crippen LogP contribution in [-0.4, -0.2) is 27.0 Å². The predicted octanol–water partition coefficient (Wildman–Crippen LogP) is 3.42. The maximum absolute atomic E-state index is 13.2. The van der Waals surface area contributed by atoms with Gasteiger partial charge >= 0.3 is 0 Å². The quantitative estimate of drug-likeness (QED) is 0.713. The fourth-order valence-corrected chi connectivity index (χ4v) is 4.54. The molecule has 0 spiro atoms. The summed E-state index contributed by atoms with van der Waals surface area (Å²) in [5.74, 6) is -0.664. The molecule has 0 aliphatic carbocycles. The Labute approximate surface area is 167 Å². The highest BCUT2D eigenvalue weighted by atomic mass is 32.2. The lowest BCUT2D eigenvalue weighted by molar-refractivity contribution is -0.122. The van der Waals surface area contributed by atoms with Gasteiger partial charge in [0.1, 0.15) is 11.6 Å². The van der Waals surface area contributed by atoms with Gasteiger partial charge in [-0.2, -0.15) is 0 Å². The van der Waals surface area contributed by atoms with Crippen molar-refractivity contribution in [2.45, 2.75) is 11.0 Å². The van der Waals surface area contributed by atoms with E-state index in [0.717, 1.165) is 0 Å². The zero-order valence-electron chi connectivity index (χ0n) is 15.2. The fourth-order valence-electron chi connectivity index (χ4n) is 3.04. The number of hydrogen-bond acceptors (Lipinski definition) is 4. The second-order valence-electron chi connectivity index (χ2n) is 6.42. The number of carbonyl (C=O) groups is 1. The summed E-state index contributed by atoms with van der Waals surface area (Å²) in [6.07, 6.45) is -1.08. The van der Waals surface area contributed by atoms with Gasteiger partial charge in [-0.15, -0.1) is 0 Å². The molecule has 0 fully saturated rings. The van der Waals surface area contributed by atoms with Crippen LogP contribution in [-0.2, 0) is 14.8 Å². The van der Waals surface area contributed by atoms with E-state index >= 15 is 0 Å². The first-order valence-electron chi connectivity index (χ1n) is 8.85. The van der Waals surface area contributed by atoms with Crippen molar-refractivity contribution in [2.24, 2.45) is 0 Å². The topological polar surface area (TPSA) is 75.7 Å². The largest absolute Gasteiger partial charge is 0.476 e. The van der Waals surface area contributed by atoms with Crippen molar-refractivity contribution in [2.75, 3.05) is 16.2 Å². The highest BCUT2D eigenvalue weighted by Gasteiger charge is 2.37. The Morgan fingerprint density at radius 3 is 2.34 bits per heavy atom. The summed E-state index contributed by atoms with van der Waals surface area (Å²) in [7, 11) is -3.90. The standard InChI is InChI=1S/C21H17FN2O4S/c22-15-10-12-16(13-11-15)23-21(25)20-14-24(18-8-4-5-9-19(18)28-20)29(26,27)17-6-2-1-3-7-17/h1-13,20H,14H2,(H,23,25). The summed E-state index contributed by atoms with van der Waals surface area (Å²) < 4.78 is 46.4. The monoisotopic (exact) mass is 412 g/mol. The molecule has 1 atom stereocenters. The molecule has 3 aromatic carbocycles. The SMILES string of the molecule is O=C(Nc1ccc(F)cc1)C1CN(S(=O)(=O)c2ccccc2)c2ccccc2O1. The molecule has 0 aromatic heterocycles. The zero-order chi connectivity index (χ0) is 20.4.